The number of carbonyl (C=O) groups is 1. The van der Waals surface area contributed by atoms with Crippen LogP contribution in [0.2, 0.25) is 5.02 Å². The summed E-state index contributed by atoms with van der Waals surface area (Å²) in [6.45, 7) is 0.987. The van der Waals surface area contributed by atoms with Gasteiger partial charge in [0.05, 0.1) is 16.8 Å². The van der Waals surface area contributed by atoms with Crippen molar-refractivity contribution in [3.63, 3.8) is 0 Å². The van der Waals surface area contributed by atoms with Gasteiger partial charge in [0.15, 0.2) is 0 Å². The zero-order valence-electron chi connectivity index (χ0n) is 15.1. The van der Waals surface area contributed by atoms with Gasteiger partial charge in [-0.3, -0.25) is 4.79 Å². The molecule has 3 heterocycles. The van der Waals surface area contributed by atoms with Crippen LogP contribution in [0.15, 0.2) is 29.6 Å². The molecule has 1 unspecified atom stereocenters. The van der Waals surface area contributed by atoms with Crippen LogP contribution in [0.1, 0.15) is 34.9 Å². The zero-order chi connectivity index (χ0) is 19.9. The number of halogens is 4. The van der Waals surface area contributed by atoms with Gasteiger partial charge < -0.3 is 9.80 Å². The molecule has 8 heteroatoms. The molecule has 1 atom stereocenters. The Labute approximate surface area is 170 Å². The SMILES string of the molecule is O=C(N1CCc2ccc(Cl)c(N3CCCC3c3cccs3)c2CC1)C(F)(F)F. The Morgan fingerprint density at radius 1 is 1.14 bits per heavy atom. The third kappa shape index (κ3) is 3.62. The summed E-state index contributed by atoms with van der Waals surface area (Å²) in [5, 5.41) is 2.68. The van der Waals surface area contributed by atoms with Crippen molar-refractivity contribution in [1.82, 2.24) is 4.90 Å². The Kier molecular flexibility index (Phi) is 5.31. The summed E-state index contributed by atoms with van der Waals surface area (Å²) in [5.41, 5.74) is 2.89. The first-order valence-electron chi connectivity index (χ1n) is 9.32. The lowest BCUT2D eigenvalue weighted by Crippen LogP contribution is -2.42. The number of rotatable bonds is 2. The van der Waals surface area contributed by atoms with Crippen LogP contribution in [0.25, 0.3) is 0 Å². The molecule has 0 N–H and O–H groups in total. The van der Waals surface area contributed by atoms with Crippen LogP contribution in [0.5, 0.6) is 0 Å². The van der Waals surface area contributed by atoms with Gasteiger partial charge in [0.1, 0.15) is 0 Å². The number of benzene rings is 1. The second-order valence-electron chi connectivity index (χ2n) is 7.19. The lowest BCUT2D eigenvalue weighted by molar-refractivity contribution is -0.185. The van der Waals surface area contributed by atoms with Crippen molar-refractivity contribution in [3.05, 3.63) is 50.7 Å². The van der Waals surface area contributed by atoms with E-state index in [9.17, 15) is 18.0 Å². The van der Waals surface area contributed by atoms with Gasteiger partial charge in [-0.2, -0.15) is 13.2 Å². The molecule has 0 bridgehead atoms. The highest BCUT2D eigenvalue weighted by Crippen LogP contribution is 2.44. The van der Waals surface area contributed by atoms with Crippen molar-refractivity contribution in [2.24, 2.45) is 0 Å². The Hall–Kier alpha value is -1.73. The van der Waals surface area contributed by atoms with Gasteiger partial charge in [-0.25, -0.2) is 0 Å². The number of hydrogen-bond donors (Lipinski definition) is 0. The lowest BCUT2D eigenvalue weighted by atomic mass is 9.99. The van der Waals surface area contributed by atoms with E-state index in [0.29, 0.717) is 17.9 Å². The van der Waals surface area contributed by atoms with Crippen molar-refractivity contribution in [2.75, 3.05) is 24.5 Å². The van der Waals surface area contributed by atoms with Gasteiger partial charge in [0.25, 0.3) is 0 Å². The smallest absolute Gasteiger partial charge is 0.362 e. The van der Waals surface area contributed by atoms with Gasteiger partial charge in [0.2, 0.25) is 0 Å². The number of hydrogen-bond acceptors (Lipinski definition) is 3. The highest BCUT2D eigenvalue weighted by Gasteiger charge is 2.43. The summed E-state index contributed by atoms with van der Waals surface area (Å²) in [5.74, 6) is -1.76. The monoisotopic (exact) mass is 428 g/mol. The average molecular weight is 429 g/mol. The summed E-state index contributed by atoms with van der Waals surface area (Å²) in [7, 11) is 0. The highest BCUT2D eigenvalue weighted by atomic mass is 35.5. The van der Waals surface area contributed by atoms with Crippen LogP contribution >= 0.6 is 22.9 Å². The molecule has 1 aromatic carbocycles. The predicted molar refractivity (Wildman–Crippen MR) is 105 cm³/mol. The van der Waals surface area contributed by atoms with E-state index in [2.05, 4.69) is 16.3 Å². The standard InChI is InChI=1S/C20H20ClF3N2OS/c21-15-6-5-13-7-10-25(19(27)20(22,23)24)11-8-14(13)18(15)26-9-1-3-16(26)17-4-2-12-28-17/h2,4-6,12,16H,1,3,7-11H2. The Bertz CT molecular complexity index is 869. The minimum Gasteiger partial charge on any atom is -0.362 e. The second kappa shape index (κ2) is 7.59. The van der Waals surface area contributed by atoms with Gasteiger partial charge in [-0.15, -0.1) is 11.3 Å². The van der Waals surface area contributed by atoms with Crippen LogP contribution in [-0.2, 0) is 17.6 Å². The minimum absolute atomic E-state index is 0.0518. The molecule has 1 saturated heterocycles. The fourth-order valence-corrected chi connectivity index (χ4v) is 5.44. The molecule has 2 aromatic rings. The highest BCUT2D eigenvalue weighted by molar-refractivity contribution is 7.10. The molecule has 1 fully saturated rings. The molecule has 2 aliphatic heterocycles. The predicted octanol–water partition coefficient (Wildman–Crippen LogP) is 5.23. The first-order valence-corrected chi connectivity index (χ1v) is 10.6. The summed E-state index contributed by atoms with van der Waals surface area (Å²) in [6.07, 6.45) is -1.99. The van der Waals surface area contributed by atoms with Gasteiger partial charge >= 0.3 is 12.1 Å². The molecule has 150 valence electrons. The quantitative estimate of drug-likeness (QED) is 0.653. The van der Waals surface area contributed by atoms with Gasteiger partial charge in [-0.1, -0.05) is 23.7 Å². The molecular formula is C20H20ClF3N2OS. The molecule has 1 aromatic heterocycles. The van der Waals surface area contributed by atoms with E-state index in [4.69, 9.17) is 11.6 Å². The zero-order valence-corrected chi connectivity index (χ0v) is 16.7. The van der Waals surface area contributed by atoms with E-state index in [1.54, 1.807) is 11.3 Å². The minimum atomic E-state index is -4.84. The molecule has 0 saturated carbocycles. The largest absolute Gasteiger partial charge is 0.471 e. The first-order chi connectivity index (χ1) is 13.4. The number of alkyl halides is 3. The second-order valence-corrected chi connectivity index (χ2v) is 8.58. The maximum Gasteiger partial charge on any atom is 0.471 e. The average Bonchev–Trinajstić information content (AvgIpc) is 3.28. The molecular weight excluding hydrogens is 409 g/mol. The summed E-state index contributed by atoms with van der Waals surface area (Å²) >= 11 is 8.30. The Morgan fingerprint density at radius 2 is 1.93 bits per heavy atom. The number of fused-ring (bicyclic) bond motifs is 1. The molecule has 2 aliphatic rings. The van der Waals surface area contributed by atoms with Crippen LogP contribution in [-0.4, -0.2) is 36.6 Å². The van der Waals surface area contributed by atoms with Crippen LogP contribution < -0.4 is 4.90 Å². The lowest BCUT2D eigenvalue weighted by Gasteiger charge is -2.30. The number of carbonyl (C=O) groups excluding carboxylic acids is 1. The summed E-state index contributed by atoms with van der Waals surface area (Å²) in [6, 6.07) is 8.11. The molecule has 0 aliphatic carbocycles. The van der Waals surface area contributed by atoms with E-state index in [1.165, 1.54) is 4.88 Å². The van der Waals surface area contributed by atoms with Crippen LogP contribution in [0.3, 0.4) is 0 Å². The van der Waals surface area contributed by atoms with Crippen LogP contribution in [0.4, 0.5) is 18.9 Å². The fraction of sp³-hybridized carbons (Fsp3) is 0.450. The summed E-state index contributed by atoms with van der Waals surface area (Å²) < 4.78 is 38.6. The molecule has 3 nitrogen and oxygen atoms in total. The molecule has 4 rings (SSSR count). The molecule has 0 spiro atoms. The van der Waals surface area contributed by atoms with Crippen molar-refractivity contribution in [3.8, 4) is 0 Å². The fourth-order valence-electron chi connectivity index (χ4n) is 4.28. The van der Waals surface area contributed by atoms with E-state index < -0.39 is 12.1 Å². The van der Waals surface area contributed by atoms with Gasteiger partial charge in [0, 0.05) is 24.5 Å². The first kappa shape index (κ1) is 19.6. The van der Waals surface area contributed by atoms with Crippen molar-refractivity contribution >= 4 is 34.5 Å². The third-order valence-electron chi connectivity index (χ3n) is 5.55. The summed E-state index contributed by atoms with van der Waals surface area (Å²) in [4.78, 5) is 16.2. The maximum absolute atomic E-state index is 12.9. The van der Waals surface area contributed by atoms with E-state index >= 15 is 0 Å². The molecule has 28 heavy (non-hydrogen) atoms. The van der Waals surface area contributed by atoms with E-state index in [0.717, 1.165) is 41.1 Å². The third-order valence-corrected chi connectivity index (χ3v) is 6.83. The Balaban J connectivity index is 1.66. The number of anilines is 1. The van der Waals surface area contributed by atoms with Crippen molar-refractivity contribution in [1.29, 1.82) is 0 Å². The Morgan fingerprint density at radius 3 is 2.64 bits per heavy atom. The van der Waals surface area contributed by atoms with Crippen molar-refractivity contribution < 1.29 is 18.0 Å². The molecule has 0 radical (unpaired) electrons. The number of nitrogens with zero attached hydrogens (tertiary/aromatic N) is 2. The van der Waals surface area contributed by atoms with Crippen molar-refractivity contribution in [2.45, 2.75) is 37.9 Å². The van der Waals surface area contributed by atoms with Crippen LogP contribution in [0, 0.1) is 0 Å². The van der Waals surface area contributed by atoms with Gasteiger partial charge in [-0.05, 0) is 54.3 Å². The maximum atomic E-state index is 12.9. The molecule has 1 amide bonds. The van der Waals surface area contributed by atoms with E-state index in [-0.39, 0.29) is 19.1 Å². The normalized spacial score (nSPS) is 20.2. The van der Waals surface area contributed by atoms with E-state index in [1.807, 2.05) is 18.2 Å². The topological polar surface area (TPSA) is 23.6 Å². The number of amides is 1. The number of thiophene rings is 1.